The van der Waals surface area contributed by atoms with E-state index in [0.717, 1.165) is 51.4 Å². The first-order valence-electron chi connectivity index (χ1n) is 22.4. The highest BCUT2D eigenvalue weighted by Gasteiger charge is 2.26. The molecule has 0 aromatic rings. The first kappa shape index (κ1) is 53.9. The van der Waals surface area contributed by atoms with Crippen LogP contribution in [-0.4, -0.2) is 55.1 Å². The zero-order valence-corrected chi connectivity index (χ0v) is 36.5. The van der Waals surface area contributed by atoms with Crippen molar-refractivity contribution in [3.63, 3.8) is 0 Å². The Morgan fingerprint density at radius 3 is 1.61 bits per heavy atom. The molecule has 326 valence electrons. The molecule has 0 amide bonds. The van der Waals surface area contributed by atoms with Gasteiger partial charge in [0.1, 0.15) is 6.61 Å². The third-order valence-electron chi connectivity index (χ3n) is 9.47. The summed E-state index contributed by atoms with van der Waals surface area (Å²) in [5.41, 5.74) is 5.34. The van der Waals surface area contributed by atoms with Gasteiger partial charge in [0.15, 0.2) is 11.9 Å². The summed E-state index contributed by atoms with van der Waals surface area (Å²) >= 11 is 0. The van der Waals surface area contributed by atoms with E-state index in [0.29, 0.717) is 19.3 Å². The van der Waals surface area contributed by atoms with E-state index in [1.807, 2.05) is 12.2 Å². The first-order chi connectivity index (χ1) is 27.2. The molecule has 0 rings (SSSR count). The maximum atomic E-state index is 12.6. The Kier molecular flexibility index (Phi) is 39.5. The van der Waals surface area contributed by atoms with Crippen LogP contribution in [0.1, 0.15) is 200 Å². The van der Waals surface area contributed by atoms with E-state index in [1.165, 1.54) is 103 Å². The molecule has 0 saturated carbocycles. The van der Waals surface area contributed by atoms with Crippen molar-refractivity contribution >= 4 is 25.5 Å². The lowest BCUT2D eigenvalue weighted by atomic mass is 10.1. The Morgan fingerprint density at radius 1 is 0.571 bits per heavy atom. The van der Waals surface area contributed by atoms with Crippen molar-refractivity contribution in [1.29, 1.82) is 0 Å². The minimum absolute atomic E-state index is 0.0334. The average molecular weight is 812 g/mol. The number of phosphoric ester groups is 1. The summed E-state index contributed by atoms with van der Waals surface area (Å²) in [7, 11) is -4.41. The van der Waals surface area contributed by atoms with Gasteiger partial charge < -0.3 is 20.1 Å². The molecule has 10 nitrogen and oxygen atoms in total. The number of carbonyl (C=O) groups is 3. The Balaban J connectivity index is 4.19. The molecule has 0 fully saturated rings. The second kappa shape index (κ2) is 41.1. The average Bonchev–Trinajstić information content (AvgIpc) is 3.18. The fraction of sp³-hybridized carbons (Fsp3) is 0.800. The summed E-state index contributed by atoms with van der Waals surface area (Å²) < 4.78 is 32.7. The monoisotopic (exact) mass is 812 g/mol. The number of ether oxygens (including phenoxy) is 2. The van der Waals surface area contributed by atoms with Gasteiger partial charge in [0.2, 0.25) is 0 Å². The Labute approximate surface area is 341 Å². The molecule has 11 heteroatoms. The molecule has 0 aliphatic carbocycles. The zero-order valence-electron chi connectivity index (χ0n) is 35.6. The van der Waals surface area contributed by atoms with E-state index in [4.69, 9.17) is 24.3 Å². The molecule has 0 aliphatic rings. The quantitative estimate of drug-likeness (QED) is 0.0152. The SMILES string of the molecule is CCCCC/C=C\C=C\C(=O)CCCCCCCC(=O)O[C@H](COC(=O)CCCCCCCCCCC/C=C\CCCCCCCC)COP(=O)(O)OCCN. The van der Waals surface area contributed by atoms with Gasteiger partial charge in [0.25, 0.3) is 0 Å². The second-order valence-electron chi connectivity index (χ2n) is 14.9. The number of esters is 2. The van der Waals surface area contributed by atoms with Crippen LogP contribution in [0.3, 0.4) is 0 Å². The van der Waals surface area contributed by atoms with Crippen LogP contribution < -0.4 is 5.73 Å². The summed E-state index contributed by atoms with van der Waals surface area (Å²) in [4.78, 5) is 46.9. The van der Waals surface area contributed by atoms with Crippen LogP contribution in [0, 0.1) is 0 Å². The van der Waals surface area contributed by atoms with Crippen LogP contribution in [0.4, 0.5) is 0 Å². The van der Waals surface area contributed by atoms with Gasteiger partial charge in [-0.15, -0.1) is 0 Å². The summed E-state index contributed by atoms with van der Waals surface area (Å²) in [6.07, 6.45) is 41.4. The maximum absolute atomic E-state index is 12.6. The summed E-state index contributed by atoms with van der Waals surface area (Å²) in [6, 6.07) is 0. The maximum Gasteiger partial charge on any atom is 0.472 e. The minimum Gasteiger partial charge on any atom is -0.462 e. The molecule has 0 heterocycles. The zero-order chi connectivity index (χ0) is 41.2. The van der Waals surface area contributed by atoms with Gasteiger partial charge in [0, 0.05) is 25.8 Å². The molecule has 0 aromatic heterocycles. The van der Waals surface area contributed by atoms with E-state index >= 15 is 0 Å². The third kappa shape index (κ3) is 40.1. The van der Waals surface area contributed by atoms with Crippen LogP contribution in [0.25, 0.3) is 0 Å². The van der Waals surface area contributed by atoms with E-state index in [2.05, 4.69) is 32.1 Å². The van der Waals surface area contributed by atoms with Crippen LogP contribution in [0.5, 0.6) is 0 Å². The van der Waals surface area contributed by atoms with Crippen molar-refractivity contribution in [3.05, 3.63) is 36.5 Å². The molecule has 3 N–H and O–H groups in total. The smallest absolute Gasteiger partial charge is 0.462 e. The van der Waals surface area contributed by atoms with Crippen LogP contribution in [0.15, 0.2) is 36.5 Å². The number of hydrogen-bond donors (Lipinski definition) is 2. The Hall–Kier alpha value is -2.10. The van der Waals surface area contributed by atoms with Gasteiger partial charge in [0.05, 0.1) is 13.2 Å². The summed E-state index contributed by atoms with van der Waals surface area (Å²) in [5.74, 6) is -0.805. The van der Waals surface area contributed by atoms with Gasteiger partial charge in [-0.2, -0.15) is 0 Å². The minimum atomic E-state index is -4.41. The van der Waals surface area contributed by atoms with Crippen molar-refractivity contribution in [2.75, 3.05) is 26.4 Å². The number of hydrogen-bond acceptors (Lipinski definition) is 9. The normalized spacial score (nSPS) is 13.5. The highest BCUT2D eigenvalue weighted by Crippen LogP contribution is 2.43. The van der Waals surface area contributed by atoms with Crippen molar-refractivity contribution in [1.82, 2.24) is 0 Å². The van der Waals surface area contributed by atoms with Gasteiger partial charge in [-0.25, -0.2) is 4.57 Å². The van der Waals surface area contributed by atoms with Crippen molar-refractivity contribution in [3.8, 4) is 0 Å². The Bertz CT molecular complexity index is 1080. The van der Waals surface area contributed by atoms with Gasteiger partial charge in [-0.3, -0.25) is 23.4 Å². The largest absolute Gasteiger partial charge is 0.472 e. The highest BCUT2D eigenvalue weighted by molar-refractivity contribution is 7.47. The number of unbranched alkanes of at least 4 members (excludes halogenated alkanes) is 22. The van der Waals surface area contributed by atoms with Gasteiger partial charge in [-0.1, -0.05) is 153 Å². The van der Waals surface area contributed by atoms with Crippen LogP contribution in [0.2, 0.25) is 0 Å². The molecule has 0 aliphatic heterocycles. The fourth-order valence-electron chi connectivity index (χ4n) is 6.08. The van der Waals surface area contributed by atoms with Crippen LogP contribution in [-0.2, 0) is 37.5 Å². The van der Waals surface area contributed by atoms with E-state index in [1.54, 1.807) is 6.08 Å². The summed E-state index contributed by atoms with van der Waals surface area (Å²) in [5, 5.41) is 0. The van der Waals surface area contributed by atoms with E-state index < -0.39 is 32.5 Å². The molecule has 0 bridgehead atoms. The van der Waals surface area contributed by atoms with E-state index in [-0.39, 0.29) is 38.4 Å². The molecule has 0 aromatic carbocycles. The Morgan fingerprint density at radius 2 is 1.04 bits per heavy atom. The van der Waals surface area contributed by atoms with E-state index in [9.17, 15) is 23.8 Å². The topological polar surface area (TPSA) is 151 Å². The molecule has 0 radical (unpaired) electrons. The molecule has 1 unspecified atom stereocenters. The number of rotatable bonds is 42. The van der Waals surface area contributed by atoms with Crippen LogP contribution >= 0.6 is 7.82 Å². The summed E-state index contributed by atoms with van der Waals surface area (Å²) in [6.45, 7) is 3.54. The highest BCUT2D eigenvalue weighted by atomic mass is 31.2. The fourth-order valence-corrected chi connectivity index (χ4v) is 6.85. The van der Waals surface area contributed by atoms with Crippen molar-refractivity contribution < 1.29 is 42.4 Å². The van der Waals surface area contributed by atoms with Gasteiger partial charge >= 0.3 is 19.8 Å². The van der Waals surface area contributed by atoms with Crippen molar-refractivity contribution in [2.24, 2.45) is 5.73 Å². The molecule has 2 atom stereocenters. The lowest BCUT2D eigenvalue weighted by Crippen LogP contribution is -2.29. The number of ketones is 1. The molecular weight excluding hydrogens is 729 g/mol. The number of allylic oxidation sites excluding steroid dienone is 6. The predicted molar refractivity (Wildman–Crippen MR) is 229 cm³/mol. The van der Waals surface area contributed by atoms with Crippen molar-refractivity contribution in [2.45, 2.75) is 206 Å². The molecule has 0 saturated heterocycles. The first-order valence-corrected chi connectivity index (χ1v) is 23.9. The standard InChI is InChI=1S/C45H82NO9P/c1-3-5-7-9-11-12-13-14-15-16-17-18-19-20-21-22-24-28-32-36-44(48)52-40-43(41-54-56(50,51)53-39-38-46)55-45(49)37-33-29-25-27-31-35-42(47)34-30-26-23-10-8-6-4-2/h14-15,23,26,30,34,43H,3-13,16-22,24-25,27-29,31-33,35-41,46H2,1-2H3,(H,50,51)/b15-14-,26-23-,34-30+/t43-/m1/s1. The molecule has 56 heavy (non-hydrogen) atoms. The second-order valence-corrected chi connectivity index (χ2v) is 16.4. The molecular formula is C45H82NO9P. The lowest BCUT2D eigenvalue weighted by molar-refractivity contribution is -0.161. The third-order valence-corrected chi connectivity index (χ3v) is 10.5. The van der Waals surface area contributed by atoms with Gasteiger partial charge in [-0.05, 0) is 63.9 Å². The molecule has 0 spiro atoms. The predicted octanol–water partition coefficient (Wildman–Crippen LogP) is 12.1. The lowest BCUT2D eigenvalue weighted by Gasteiger charge is -2.19. The number of phosphoric acid groups is 1. The number of carbonyl (C=O) groups excluding carboxylic acids is 3. The number of nitrogens with two attached hydrogens (primary N) is 1.